The van der Waals surface area contributed by atoms with Crippen molar-refractivity contribution in [2.75, 3.05) is 5.73 Å². The lowest BCUT2D eigenvalue weighted by Gasteiger charge is -2.17. The van der Waals surface area contributed by atoms with Crippen LogP contribution in [-0.4, -0.2) is 17.4 Å². The van der Waals surface area contributed by atoms with Crippen LogP contribution in [0.4, 0.5) is 5.69 Å². The highest BCUT2D eigenvalue weighted by molar-refractivity contribution is 6.10. The molecular formula is C18H21N5. The fourth-order valence-electron chi connectivity index (χ4n) is 3.43. The fourth-order valence-corrected chi connectivity index (χ4v) is 3.43. The summed E-state index contributed by atoms with van der Waals surface area (Å²) in [5.41, 5.74) is 17.7. The topological polar surface area (TPSA) is 113 Å². The molecular weight excluding hydrogens is 286 g/mol. The third-order valence-electron chi connectivity index (χ3n) is 4.55. The molecule has 1 aromatic heterocycles. The van der Waals surface area contributed by atoms with E-state index < -0.39 is 0 Å². The lowest BCUT2D eigenvalue weighted by atomic mass is 9.91. The average molecular weight is 307 g/mol. The maximum atomic E-state index is 7.75. The van der Waals surface area contributed by atoms with Gasteiger partial charge < -0.3 is 22.3 Å². The standard InChI is InChI=1S/C18H21N5/c19-8-11(9-20)18-13-5-3-1-2-4-12(13)17-14(10-21)15(22)6-7-16(17)23-18/h6-10,19,21H,1-5,20,22H2/b11-9+,19-8?,21-10?. The first-order valence-electron chi connectivity index (χ1n) is 7.88. The van der Waals surface area contributed by atoms with E-state index in [0.29, 0.717) is 11.3 Å². The summed E-state index contributed by atoms with van der Waals surface area (Å²) in [6.45, 7) is 0. The Balaban J connectivity index is 2.45. The predicted octanol–water partition coefficient (Wildman–Crippen LogP) is 3.03. The maximum absolute atomic E-state index is 7.75. The van der Waals surface area contributed by atoms with Crippen LogP contribution in [0.15, 0.2) is 18.3 Å². The Morgan fingerprint density at radius 3 is 2.48 bits per heavy atom. The Kier molecular flexibility index (Phi) is 4.10. The molecule has 0 amide bonds. The number of aryl methyl sites for hydroxylation is 1. The number of nitrogen functional groups attached to an aromatic ring is 1. The SMILES string of the molecule is N=C/C(=C\N)c1nc2ccc(N)c(C=N)c2c2c1CCCCC2. The number of anilines is 1. The summed E-state index contributed by atoms with van der Waals surface area (Å²) in [7, 11) is 0. The number of benzene rings is 1. The fraction of sp³-hybridized carbons (Fsp3) is 0.278. The number of fused-ring (bicyclic) bond motifs is 3. The molecule has 1 aliphatic rings. The smallest absolute Gasteiger partial charge is 0.0774 e. The van der Waals surface area contributed by atoms with Gasteiger partial charge >= 0.3 is 0 Å². The molecule has 5 heteroatoms. The molecule has 118 valence electrons. The molecule has 0 aliphatic heterocycles. The van der Waals surface area contributed by atoms with Crippen molar-refractivity contribution in [2.45, 2.75) is 32.1 Å². The van der Waals surface area contributed by atoms with Crippen LogP contribution in [-0.2, 0) is 12.8 Å². The van der Waals surface area contributed by atoms with Gasteiger partial charge in [0.25, 0.3) is 0 Å². The highest BCUT2D eigenvalue weighted by Gasteiger charge is 2.21. The number of rotatable bonds is 3. The Hall–Kier alpha value is -2.69. The second-order valence-corrected chi connectivity index (χ2v) is 5.85. The molecule has 0 atom stereocenters. The van der Waals surface area contributed by atoms with Crippen LogP contribution >= 0.6 is 0 Å². The van der Waals surface area contributed by atoms with Gasteiger partial charge in [-0.05, 0) is 48.9 Å². The third kappa shape index (κ3) is 2.48. The van der Waals surface area contributed by atoms with E-state index in [1.54, 1.807) is 6.07 Å². The minimum Gasteiger partial charge on any atom is -0.404 e. The summed E-state index contributed by atoms with van der Waals surface area (Å²) in [6.07, 6.45) is 9.28. The van der Waals surface area contributed by atoms with Gasteiger partial charge in [0.15, 0.2) is 0 Å². The molecule has 1 aliphatic carbocycles. The normalized spacial score (nSPS) is 15.0. The van der Waals surface area contributed by atoms with E-state index in [2.05, 4.69) is 0 Å². The molecule has 0 unspecified atom stereocenters. The van der Waals surface area contributed by atoms with E-state index >= 15 is 0 Å². The molecule has 0 fully saturated rings. The van der Waals surface area contributed by atoms with Crippen molar-refractivity contribution < 1.29 is 0 Å². The van der Waals surface area contributed by atoms with Gasteiger partial charge in [-0.15, -0.1) is 0 Å². The predicted molar refractivity (Wildman–Crippen MR) is 96.2 cm³/mol. The quantitative estimate of drug-likeness (QED) is 0.397. The molecule has 6 N–H and O–H groups in total. The Labute approximate surface area is 135 Å². The minimum atomic E-state index is 0.607. The van der Waals surface area contributed by atoms with E-state index in [4.69, 9.17) is 27.3 Å². The highest BCUT2D eigenvalue weighted by atomic mass is 14.7. The first kappa shape index (κ1) is 15.2. The van der Waals surface area contributed by atoms with Crippen molar-refractivity contribution in [3.8, 4) is 0 Å². The Bertz CT molecular complexity index is 820. The molecule has 5 nitrogen and oxygen atoms in total. The lowest BCUT2D eigenvalue weighted by molar-refractivity contribution is 0.712. The first-order valence-corrected chi connectivity index (χ1v) is 7.88. The molecule has 2 aromatic rings. The van der Waals surface area contributed by atoms with Crippen molar-refractivity contribution in [2.24, 2.45) is 5.73 Å². The van der Waals surface area contributed by atoms with Gasteiger partial charge in [0.1, 0.15) is 0 Å². The van der Waals surface area contributed by atoms with Crippen molar-refractivity contribution >= 4 is 34.6 Å². The van der Waals surface area contributed by atoms with Crippen LogP contribution in [0.3, 0.4) is 0 Å². The molecule has 1 heterocycles. The number of nitrogens with two attached hydrogens (primary N) is 2. The van der Waals surface area contributed by atoms with Gasteiger partial charge in [0, 0.05) is 40.8 Å². The molecule has 0 spiro atoms. The van der Waals surface area contributed by atoms with Crippen molar-refractivity contribution in [3.05, 3.63) is 40.7 Å². The van der Waals surface area contributed by atoms with Crippen LogP contribution in [0.25, 0.3) is 16.5 Å². The zero-order valence-electron chi connectivity index (χ0n) is 13.0. The monoisotopic (exact) mass is 307 g/mol. The van der Waals surface area contributed by atoms with Crippen LogP contribution in [0.2, 0.25) is 0 Å². The number of nitrogens with one attached hydrogen (secondary N) is 2. The molecule has 0 radical (unpaired) electrons. The first-order chi connectivity index (χ1) is 11.2. The second kappa shape index (κ2) is 6.20. The molecule has 3 rings (SSSR count). The van der Waals surface area contributed by atoms with E-state index in [9.17, 15) is 0 Å². The number of aromatic nitrogens is 1. The molecule has 23 heavy (non-hydrogen) atoms. The van der Waals surface area contributed by atoms with E-state index in [1.807, 2.05) is 6.07 Å². The summed E-state index contributed by atoms with van der Waals surface area (Å²) in [6, 6.07) is 3.68. The molecule has 0 saturated heterocycles. The minimum absolute atomic E-state index is 0.607. The number of hydrogen-bond donors (Lipinski definition) is 4. The van der Waals surface area contributed by atoms with Crippen LogP contribution in [0.5, 0.6) is 0 Å². The van der Waals surface area contributed by atoms with Gasteiger partial charge in [-0.3, -0.25) is 0 Å². The Morgan fingerprint density at radius 2 is 1.83 bits per heavy atom. The number of pyridine rings is 1. The zero-order valence-corrected chi connectivity index (χ0v) is 13.0. The largest absolute Gasteiger partial charge is 0.404 e. The molecule has 1 aromatic carbocycles. The van der Waals surface area contributed by atoms with Crippen LogP contribution in [0.1, 0.15) is 41.6 Å². The maximum Gasteiger partial charge on any atom is 0.0774 e. The van der Waals surface area contributed by atoms with Crippen molar-refractivity contribution in [3.63, 3.8) is 0 Å². The third-order valence-corrected chi connectivity index (χ3v) is 4.55. The lowest BCUT2D eigenvalue weighted by Crippen LogP contribution is -2.07. The van der Waals surface area contributed by atoms with Gasteiger partial charge in [0.05, 0.1) is 11.2 Å². The van der Waals surface area contributed by atoms with Crippen molar-refractivity contribution in [1.82, 2.24) is 4.98 Å². The van der Waals surface area contributed by atoms with Gasteiger partial charge in [-0.2, -0.15) is 0 Å². The summed E-state index contributed by atoms with van der Waals surface area (Å²) >= 11 is 0. The van der Waals surface area contributed by atoms with E-state index in [1.165, 1.54) is 30.6 Å². The summed E-state index contributed by atoms with van der Waals surface area (Å²) in [5.74, 6) is 0. The number of hydrogen-bond acceptors (Lipinski definition) is 5. The van der Waals surface area contributed by atoms with Gasteiger partial charge in [0.2, 0.25) is 0 Å². The van der Waals surface area contributed by atoms with E-state index in [0.717, 1.165) is 53.4 Å². The zero-order chi connectivity index (χ0) is 16.4. The summed E-state index contributed by atoms with van der Waals surface area (Å²) in [4.78, 5) is 4.76. The van der Waals surface area contributed by atoms with Gasteiger partial charge in [-0.1, -0.05) is 6.42 Å². The Morgan fingerprint density at radius 1 is 1.09 bits per heavy atom. The summed E-state index contributed by atoms with van der Waals surface area (Å²) < 4.78 is 0. The van der Waals surface area contributed by atoms with Crippen LogP contribution < -0.4 is 11.5 Å². The average Bonchev–Trinajstić information content (AvgIpc) is 2.82. The molecule has 0 saturated carbocycles. The highest BCUT2D eigenvalue weighted by Crippen LogP contribution is 2.34. The number of allylic oxidation sites excluding steroid dienone is 1. The summed E-state index contributed by atoms with van der Waals surface area (Å²) in [5, 5.41) is 16.4. The number of nitrogens with zero attached hydrogens (tertiary/aromatic N) is 1. The molecule has 0 bridgehead atoms. The van der Waals surface area contributed by atoms with E-state index in [-0.39, 0.29) is 0 Å². The van der Waals surface area contributed by atoms with Crippen molar-refractivity contribution in [1.29, 1.82) is 10.8 Å². The second-order valence-electron chi connectivity index (χ2n) is 5.85. The van der Waals surface area contributed by atoms with Crippen LogP contribution in [0, 0.1) is 10.8 Å². The van der Waals surface area contributed by atoms with Gasteiger partial charge in [-0.25, -0.2) is 4.98 Å².